The molecule has 0 radical (unpaired) electrons. The summed E-state index contributed by atoms with van der Waals surface area (Å²) in [6, 6.07) is 0. The molecule has 0 spiro atoms. The third-order valence-electron chi connectivity index (χ3n) is 2.57. The highest BCUT2D eigenvalue weighted by Crippen LogP contribution is 1.89. The van der Waals surface area contributed by atoms with Crippen LogP contribution in [0.4, 0.5) is 0 Å². The maximum atomic E-state index is 9.48. The van der Waals surface area contributed by atoms with Crippen molar-refractivity contribution in [3.8, 4) is 0 Å². The van der Waals surface area contributed by atoms with Gasteiger partial charge < -0.3 is 20.6 Å². The van der Waals surface area contributed by atoms with Gasteiger partial charge in [0.2, 0.25) is 0 Å². The van der Waals surface area contributed by atoms with Crippen molar-refractivity contribution in [2.45, 2.75) is 0 Å². The van der Waals surface area contributed by atoms with Crippen LogP contribution < -0.4 is 5.32 Å². The summed E-state index contributed by atoms with van der Waals surface area (Å²) < 4.78 is 0. The van der Waals surface area contributed by atoms with E-state index in [1.54, 1.807) is 0 Å². The third-order valence-corrected chi connectivity index (χ3v) is 2.57. The van der Waals surface area contributed by atoms with Gasteiger partial charge in [0.15, 0.2) is 0 Å². The molecule has 0 unspecified atom stereocenters. The van der Waals surface area contributed by atoms with Gasteiger partial charge in [-0.25, -0.2) is 0 Å². The number of nitrogens with one attached hydrogen (secondary N) is 1. The second-order valence-electron chi connectivity index (χ2n) is 3.96. The van der Waals surface area contributed by atoms with Crippen molar-refractivity contribution < 1.29 is 10.4 Å². The van der Waals surface area contributed by atoms with Crippen molar-refractivity contribution in [3.63, 3.8) is 0 Å². The van der Waals surface area contributed by atoms with Crippen LogP contribution in [0.5, 0.6) is 0 Å². The molecule has 90 valence electrons. The van der Waals surface area contributed by atoms with Gasteiger partial charge in [-0.3, -0.25) is 0 Å². The van der Waals surface area contributed by atoms with Crippen LogP contribution in [-0.4, -0.2) is 84.8 Å². The molecular weight excluding hydrogens is 196 g/mol. The molecule has 15 heavy (non-hydrogen) atoms. The zero-order valence-electron chi connectivity index (χ0n) is 9.39. The Morgan fingerprint density at radius 3 is 2.07 bits per heavy atom. The quantitative estimate of drug-likeness (QED) is 0.480. The second kappa shape index (κ2) is 7.10. The zero-order valence-corrected chi connectivity index (χ0v) is 9.39. The third kappa shape index (κ3) is 6.03. The number of hydrogen-bond acceptors (Lipinski definition) is 6. The molecule has 0 saturated carbocycles. The smallest absolute Gasteiger partial charge is 0.0389 e. The minimum atomic E-state index is 0.474. The van der Waals surface area contributed by atoms with E-state index >= 15 is 0 Å². The Morgan fingerprint density at radius 1 is 0.800 bits per heavy atom. The van der Waals surface area contributed by atoms with Gasteiger partial charge in [0.05, 0.1) is 0 Å². The number of rotatable bonds is 0. The highest BCUT2D eigenvalue weighted by Gasteiger charge is 2.07. The lowest BCUT2D eigenvalue weighted by Gasteiger charge is -2.24. The molecule has 6 heteroatoms. The van der Waals surface area contributed by atoms with Crippen LogP contribution in [0.3, 0.4) is 0 Å². The standard InChI is InChI=1S/C9H22N4O2/c1-11-4-2-10-3-5-12(14)8-9-13(15)7-6-11/h10,14-15H,2-9H2,1H3. The normalized spacial score (nSPS) is 25.8. The molecule has 1 heterocycles. The largest absolute Gasteiger partial charge is 0.314 e. The molecule has 1 saturated heterocycles. The zero-order chi connectivity index (χ0) is 11.1. The monoisotopic (exact) mass is 218 g/mol. The molecule has 0 aromatic rings. The van der Waals surface area contributed by atoms with Gasteiger partial charge in [0.25, 0.3) is 0 Å². The van der Waals surface area contributed by atoms with Crippen LogP contribution >= 0.6 is 0 Å². The van der Waals surface area contributed by atoms with E-state index in [4.69, 9.17) is 0 Å². The summed E-state index contributed by atoms with van der Waals surface area (Å²) in [6.45, 7) is 5.64. The van der Waals surface area contributed by atoms with E-state index in [0.717, 1.165) is 26.2 Å². The predicted molar refractivity (Wildman–Crippen MR) is 57.1 cm³/mol. The van der Waals surface area contributed by atoms with Crippen molar-refractivity contribution in [1.29, 1.82) is 0 Å². The number of likely N-dealkylation sites (N-methyl/N-ethyl adjacent to an activating group) is 1. The molecule has 1 aliphatic heterocycles. The number of hydroxylamine groups is 4. The van der Waals surface area contributed by atoms with Crippen molar-refractivity contribution in [2.24, 2.45) is 0 Å². The Morgan fingerprint density at radius 2 is 1.33 bits per heavy atom. The summed E-state index contributed by atoms with van der Waals surface area (Å²) in [4.78, 5) is 2.18. The topological polar surface area (TPSA) is 62.2 Å². The van der Waals surface area contributed by atoms with Gasteiger partial charge in [0.1, 0.15) is 0 Å². The highest BCUT2D eigenvalue weighted by molar-refractivity contribution is 4.60. The summed E-state index contributed by atoms with van der Waals surface area (Å²) in [5, 5.41) is 24.6. The number of nitrogens with zero attached hydrogens (tertiary/aromatic N) is 3. The molecule has 1 aliphatic rings. The van der Waals surface area contributed by atoms with E-state index in [9.17, 15) is 10.4 Å². The molecule has 0 aromatic heterocycles. The molecule has 0 atom stereocenters. The molecule has 0 bridgehead atoms. The maximum Gasteiger partial charge on any atom is 0.0389 e. The molecule has 0 aromatic carbocycles. The molecular formula is C9H22N4O2. The molecule has 1 fully saturated rings. The minimum Gasteiger partial charge on any atom is -0.314 e. The maximum absolute atomic E-state index is 9.48. The summed E-state index contributed by atoms with van der Waals surface area (Å²) in [5.41, 5.74) is 0. The minimum absolute atomic E-state index is 0.474. The van der Waals surface area contributed by atoms with Crippen LogP contribution in [-0.2, 0) is 0 Å². The molecule has 1 rings (SSSR count). The highest BCUT2D eigenvalue weighted by atomic mass is 16.5. The van der Waals surface area contributed by atoms with E-state index in [-0.39, 0.29) is 0 Å². The van der Waals surface area contributed by atoms with Crippen LogP contribution in [0.2, 0.25) is 0 Å². The summed E-state index contributed by atoms with van der Waals surface area (Å²) >= 11 is 0. The lowest BCUT2D eigenvalue weighted by atomic mass is 10.4. The molecule has 3 N–H and O–H groups in total. The first-order valence-electron chi connectivity index (χ1n) is 5.45. The Balaban J connectivity index is 2.30. The molecule has 0 amide bonds. The molecule has 6 nitrogen and oxygen atoms in total. The van der Waals surface area contributed by atoms with Crippen LogP contribution in [0.15, 0.2) is 0 Å². The van der Waals surface area contributed by atoms with Gasteiger partial charge in [-0.05, 0) is 7.05 Å². The number of hydrogen-bond donors (Lipinski definition) is 3. The van der Waals surface area contributed by atoms with E-state index < -0.39 is 0 Å². The lowest BCUT2D eigenvalue weighted by Crippen LogP contribution is -2.41. The summed E-state index contributed by atoms with van der Waals surface area (Å²) in [5.74, 6) is 0. The van der Waals surface area contributed by atoms with E-state index in [2.05, 4.69) is 10.2 Å². The van der Waals surface area contributed by atoms with E-state index in [1.165, 1.54) is 10.1 Å². The Kier molecular flexibility index (Phi) is 6.07. The predicted octanol–water partition coefficient (Wildman–Crippen LogP) is -1.10. The summed E-state index contributed by atoms with van der Waals surface area (Å²) in [7, 11) is 2.04. The van der Waals surface area contributed by atoms with Crippen LogP contribution in [0.25, 0.3) is 0 Å². The first-order chi connectivity index (χ1) is 7.18. The lowest BCUT2D eigenvalue weighted by molar-refractivity contribution is -0.139. The SMILES string of the molecule is CN1CCNCCN(O)CCN(O)CC1. The van der Waals surface area contributed by atoms with Crippen molar-refractivity contribution in [1.82, 2.24) is 20.3 Å². The first kappa shape index (κ1) is 12.8. The molecule has 0 aliphatic carbocycles. The van der Waals surface area contributed by atoms with E-state index in [0.29, 0.717) is 26.2 Å². The van der Waals surface area contributed by atoms with Gasteiger partial charge in [-0.1, -0.05) is 0 Å². The van der Waals surface area contributed by atoms with Gasteiger partial charge >= 0.3 is 0 Å². The Hall–Kier alpha value is -0.240. The fourth-order valence-electron chi connectivity index (χ4n) is 1.46. The van der Waals surface area contributed by atoms with Crippen molar-refractivity contribution in [3.05, 3.63) is 0 Å². The first-order valence-corrected chi connectivity index (χ1v) is 5.45. The van der Waals surface area contributed by atoms with Crippen molar-refractivity contribution in [2.75, 3.05) is 59.4 Å². The van der Waals surface area contributed by atoms with Crippen LogP contribution in [0.1, 0.15) is 0 Å². The Labute approximate surface area is 91.0 Å². The average molecular weight is 218 g/mol. The van der Waals surface area contributed by atoms with Gasteiger partial charge in [-0.15, -0.1) is 0 Å². The van der Waals surface area contributed by atoms with Gasteiger partial charge in [0, 0.05) is 52.4 Å². The van der Waals surface area contributed by atoms with Gasteiger partial charge in [-0.2, -0.15) is 10.1 Å². The van der Waals surface area contributed by atoms with Crippen molar-refractivity contribution >= 4 is 0 Å². The van der Waals surface area contributed by atoms with E-state index in [1.807, 2.05) is 7.05 Å². The van der Waals surface area contributed by atoms with Crippen LogP contribution in [0, 0.1) is 0 Å². The second-order valence-corrected chi connectivity index (χ2v) is 3.96. The average Bonchev–Trinajstić information content (AvgIpc) is 2.21. The summed E-state index contributed by atoms with van der Waals surface area (Å²) in [6.07, 6.45) is 0. The fourth-order valence-corrected chi connectivity index (χ4v) is 1.46. The fraction of sp³-hybridized carbons (Fsp3) is 1.00. The Bertz CT molecular complexity index is 154.